The standard InChI is InChI=1S/C17H16N4O/c22-17-20(11-14-10-18-12-19-14)8-9-21(17)16-7-3-5-13-4-1-2-6-15(13)16/h1-7,10,12H,8-9,11H2,(H,18,19). The normalized spacial score (nSPS) is 15.0. The molecule has 5 nitrogen and oxygen atoms in total. The Morgan fingerprint density at radius 1 is 1.09 bits per heavy atom. The fraction of sp³-hybridized carbons (Fsp3) is 0.176. The second-order valence-corrected chi connectivity index (χ2v) is 5.43. The van der Waals surface area contributed by atoms with Crippen LogP contribution < -0.4 is 4.90 Å². The number of nitrogens with zero attached hydrogens (tertiary/aromatic N) is 3. The summed E-state index contributed by atoms with van der Waals surface area (Å²) in [5, 5.41) is 2.27. The smallest absolute Gasteiger partial charge is 0.324 e. The fourth-order valence-electron chi connectivity index (χ4n) is 2.97. The Morgan fingerprint density at radius 2 is 1.95 bits per heavy atom. The second kappa shape index (κ2) is 5.18. The Morgan fingerprint density at radius 3 is 2.82 bits per heavy atom. The lowest BCUT2D eigenvalue weighted by Gasteiger charge is -2.19. The molecule has 0 unspecified atom stereocenters. The number of rotatable bonds is 3. The molecule has 0 radical (unpaired) electrons. The van der Waals surface area contributed by atoms with E-state index in [0.717, 1.165) is 28.7 Å². The van der Waals surface area contributed by atoms with E-state index < -0.39 is 0 Å². The highest BCUT2D eigenvalue weighted by Gasteiger charge is 2.30. The molecule has 2 heterocycles. The molecule has 5 heteroatoms. The molecule has 0 aliphatic carbocycles. The highest BCUT2D eigenvalue weighted by atomic mass is 16.2. The van der Waals surface area contributed by atoms with Gasteiger partial charge < -0.3 is 9.88 Å². The predicted molar refractivity (Wildman–Crippen MR) is 85.7 cm³/mol. The van der Waals surface area contributed by atoms with E-state index in [-0.39, 0.29) is 6.03 Å². The molecule has 2 amide bonds. The van der Waals surface area contributed by atoms with Crippen LogP contribution in [-0.2, 0) is 6.54 Å². The van der Waals surface area contributed by atoms with Gasteiger partial charge in [-0.1, -0.05) is 36.4 Å². The quantitative estimate of drug-likeness (QED) is 0.806. The van der Waals surface area contributed by atoms with Gasteiger partial charge in [0.05, 0.1) is 24.3 Å². The van der Waals surface area contributed by atoms with E-state index >= 15 is 0 Å². The first-order valence-electron chi connectivity index (χ1n) is 7.34. The summed E-state index contributed by atoms with van der Waals surface area (Å²) in [6.45, 7) is 2.00. The van der Waals surface area contributed by atoms with Crippen LogP contribution in [0.3, 0.4) is 0 Å². The topological polar surface area (TPSA) is 52.2 Å². The van der Waals surface area contributed by atoms with Crippen molar-refractivity contribution in [1.29, 1.82) is 0 Å². The predicted octanol–water partition coefficient (Wildman–Crippen LogP) is 3.01. The Bertz CT molecular complexity index is 807. The summed E-state index contributed by atoms with van der Waals surface area (Å²) in [7, 11) is 0. The number of aromatic nitrogens is 2. The van der Waals surface area contributed by atoms with Gasteiger partial charge in [-0.05, 0) is 11.5 Å². The van der Waals surface area contributed by atoms with Crippen LogP contribution in [0.15, 0.2) is 55.0 Å². The average Bonchev–Trinajstić information content (AvgIpc) is 3.18. The molecule has 1 fully saturated rings. The minimum atomic E-state index is 0.0472. The van der Waals surface area contributed by atoms with Gasteiger partial charge in [0.2, 0.25) is 0 Å². The van der Waals surface area contributed by atoms with Gasteiger partial charge in [-0.25, -0.2) is 9.78 Å². The number of urea groups is 1. The van der Waals surface area contributed by atoms with E-state index in [9.17, 15) is 4.79 Å². The Hall–Kier alpha value is -2.82. The van der Waals surface area contributed by atoms with Crippen LogP contribution in [0.1, 0.15) is 5.69 Å². The molecule has 1 aliphatic rings. The third-order valence-electron chi connectivity index (χ3n) is 4.07. The fourth-order valence-corrected chi connectivity index (χ4v) is 2.97. The molecule has 0 atom stereocenters. The number of hydrogen-bond acceptors (Lipinski definition) is 2. The number of amides is 2. The van der Waals surface area contributed by atoms with Gasteiger partial charge in [0, 0.05) is 24.7 Å². The molecule has 1 N–H and O–H groups in total. The minimum Gasteiger partial charge on any atom is -0.347 e. The molecule has 1 aliphatic heterocycles. The highest BCUT2D eigenvalue weighted by molar-refractivity contribution is 6.04. The number of imidazole rings is 1. The number of carbonyl (C=O) groups is 1. The lowest BCUT2D eigenvalue weighted by molar-refractivity contribution is 0.218. The summed E-state index contributed by atoms with van der Waals surface area (Å²) in [6.07, 6.45) is 3.40. The molecule has 3 aromatic rings. The van der Waals surface area contributed by atoms with Crippen LogP contribution in [0.2, 0.25) is 0 Å². The van der Waals surface area contributed by atoms with Gasteiger partial charge in [0.15, 0.2) is 0 Å². The molecule has 0 saturated carbocycles. The van der Waals surface area contributed by atoms with Gasteiger partial charge in [-0.2, -0.15) is 0 Å². The van der Waals surface area contributed by atoms with E-state index in [1.54, 1.807) is 12.5 Å². The summed E-state index contributed by atoms with van der Waals surface area (Å²) >= 11 is 0. The van der Waals surface area contributed by atoms with E-state index in [0.29, 0.717) is 13.1 Å². The first-order valence-corrected chi connectivity index (χ1v) is 7.34. The maximum absolute atomic E-state index is 12.7. The van der Waals surface area contributed by atoms with Crippen LogP contribution >= 0.6 is 0 Å². The van der Waals surface area contributed by atoms with Crippen LogP contribution in [0, 0.1) is 0 Å². The molecule has 1 aromatic heterocycles. The van der Waals surface area contributed by atoms with E-state index in [4.69, 9.17) is 0 Å². The third kappa shape index (κ3) is 2.11. The zero-order chi connectivity index (χ0) is 14.9. The Balaban J connectivity index is 1.64. The van der Waals surface area contributed by atoms with E-state index in [1.807, 2.05) is 34.1 Å². The number of aromatic amines is 1. The molecular weight excluding hydrogens is 276 g/mol. The number of fused-ring (bicyclic) bond motifs is 1. The SMILES string of the molecule is O=C1N(Cc2cnc[nH]2)CCN1c1cccc2ccccc12. The number of benzene rings is 2. The maximum atomic E-state index is 12.7. The number of hydrogen-bond donors (Lipinski definition) is 1. The monoisotopic (exact) mass is 292 g/mol. The molecule has 22 heavy (non-hydrogen) atoms. The molecule has 4 rings (SSSR count). The molecular formula is C17H16N4O. The van der Waals surface area contributed by atoms with Gasteiger partial charge in [-0.15, -0.1) is 0 Å². The van der Waals surface area contributed by atoms with Crippen molar-refractivity contribution in [3.63, 3.8) is 0 Å². The van der Waals surface area contributed by atoms with Gasteiger partial charge >= 0.3 is 6.03 Å². The molecule has 2 aromatic carbocycles. The van der Waals surface area contributed by atoms with Crippen molar-refractivity contribution in [2.45, 2.75) is 6.54 Å². The average molecular weight is 292 g/mol. The number of nitrogens with one attached hydrogen (secondary N) is 1. The summed E-state index contributed by atoms with van der Waals surface area (Å²) in [5.74, 6) is 0. The maximum Gasteiger partial charge on any atom is 0.324 e. The molecule has 110 valence electrons. The Labute approximate surface area is 128 Å². The summed E-state index contributed by atoms with van der Waals surface area (Å²) in [4.78, 5) is 23.4. The largest absolute Gasteiger partial charge is 0.347 e. The van der Waals surface area contributed by atoms with Crippen molar-refractivity contribution in [2.24, 2.45) is 0 Å². The van der Waals surface area contributed by atoms with Gasteiger partial charge in [0.1, 0.15) is 0 Å². The van der Waals surface area contributed by atoms with Gasteiger partial charge in [-0.3, -0.25) is 4.90 Å². The zero-order valence-corrected chi connectivity index (χ0v) is 12.1. The first kappa shape index (κ1) is 12.9. The summed E-state index contributed by atoms with van der Waals surface area (Å²) < 4.78 is 0. The van der Waals surface area contributed by atoms with Crippen molar-refractivity contribution < 1.29 is 4.79 Å². The van der Waals surface area contributed by atoms with E-state index in [1.165, 1.54) is 0 Å². The zero-order valence-electron chi connectivity index (χ0n) is 12.1. The number of H-pyrrole nitrogens is 1. The van der Waals surface area contributed by atoms with Crippen molar-refractivity contribution >= 4 is 22.5 Å². The van der Waals surface area contributed by atoms with Crippen LogP contribution in [0.4, 0.5) is 10.5 Å². The van der Waals surface area contributed by atoms with Crippen molar-refractivity contribution in [2.75, 3.05) is 18.0 Å². The van der Waals surface area contributed by atoms with Crippen LogP contribution in [0.25, 0.3) is 10.8 Å². The lowest BCUT2D eigenvalue weighted by atomic mass is 10.1. The van der Waals surface area contributed by atoms with Gasteiger partial charge in [0.25, 0.3) is 0 Å². The molecule has 0 bridgehead atoms. The summed E-state index contributed by atoms with van der Waals surface area (Å²) in [6, 6.07) is 14.3. The first-order chi connectivity index (χ1) is 10.8. The van der Waals surface area contributed by atoms with E-state index in [2.05, 4.69) is 28.2 Å². The summed E-state index contributed by atoms with van der Waals surface area (Å²) in [5.41, 5.74) is 1.93. The number of carbonyl (C=O) groups excluding carboxylic acids is 1. The second-order valence-electron chi connectivity index (χ2n) is 5.43. The highest BCUT2D eigenvalue weighted by Crippen LogP contribution is 2.29. The Kier molecular flexibility index (Phi) is 3.04. The van der Waals surface area contributed by atoms with Crippen molar-refractivity contribution in [3.05, 3.63) is 60.7 Å². The van der Waals surface area contributed by atoms with Crippen LogP contribution in [0.5, 0.6) is 0 Å². The minimum absolute atomic E-state index is 0.0472. The van der Waals surface area contributed by atoms with Crippen LogP contribution in [-0.4, -0.2) is 34.0 Å². The third-order valence-corrected chi connectivity index (χ3v) is 4.07. The lowest BCUT2D eigenvalue weighted by Crippen LogP contribution is -2.31. The van der Waals surface area contributed by atoms with Crippen molar-refractivity contribution in [1.82, 2.24) is 14.9 Å². The van der Waals surface area contributed by atoms with Crippen molar-refractivity contribution in [3.8, 4) is 0 Å². The molecule has 1 saturated heterocycles. The molecule has 0 spiro atoms. The number of anilines is 1.